The first-order chi connectivity index (χ1) is 8.70. The van der Waals surface area contributed by atoms with Crippen molar-refractivity contribution in [1.82, 2.24) is 4.90 Å². The average molecular weight is 246 g/mol. The van der Waals surface area contributed by atoms with E-state index in [2.05, 4.69) is 12.2 Å². The number of benzene rings is 1. The van der Waals surface area contributed by atoms with Crippen molar-refractivity contribution < 1.29 is 4.79 Å². The summed E-state index contributed by atoms with van der Waals surface area (Å²) in [4.78, 5) is 14.2. The molecule has 1 aromatic carbocycles. The summed E-state index contributed by atoms with van der Waals surface area (Å²) < 4.78 is 0. The molecule has 3 heteroatoms. The molecule has 1 heterocycles. The van der Waals surface area contributed by atoms with E-state index in [1.165, 1.54) is 12.0 Å². The zero-order chi connectivity index (χ0) is 13.0. The molecule has 1 N–H and O–H groups in total. The first-order valence-corrected chi connectivity index (χ1v) is 6.85. The van der Waals surface area contributed by atoms with Gasteiger partial charge in [0.15, 0.2) is 0 Å². The number of anilines is 1. The molecule has 2 amide bonds. The van der Waals surface area contributed by atoms with E-state index >= 15 is 0 Å². The summed E-state index contributed by atoms with van der Waals surface area (Å²) in [5.74, 6) is 0. The van der Waals surface area contributed by atoms with Crippen molar-refractivity contribution in [3.63, 3.8) is 0 Å². The molecule has 1 saturated heterocycles. The van der Waals surface area contributed by atoms with Gasteiger partial charge in [-0.05, 0) is 44.7 Å². The molecule has 0 bridgehead atoms. The zero-order valence-electron chi connectivity index (χ0n) is 11.3. The Labute approximate surface area is 109 Å². The Morgan fingerprint density at radius 2 is 2.06 bits per heavy atom. The van der Waals surface area contributed by atoms with Gasteiger partial charge in [0.05, 0.1) is 0 Å². The number of carbonyl (C=O) groups excluding carboxylic acids is 1. The number of likely N-dealkylation sites (tertiary alicyclic amines) is 1. The SMILES string of the molecule is CC[C@@H]1CCCCN1C(=O)Nc1ccc(C)cc1. The molecule has 98 valence electrons. The van der Waals surface area contributed by atoms with Crippen LogP contribution in [0.3, 0.4) is 0 Å². The molecule has 0 aromatic heterocycles. The van der Waals surface area contributed by atoms with E-state index in [0.29, 0.717) is 6.04 Å². The van der Waals surface area contributed by atoms with Gasteiger partial charge < -0.3 is 10.2 Å². The highest BCUT2D eigenvalue weighted by atomic mass is 16.2. The number of hydrogen-bond donors (Lipinski definition) is 1. The van der Waals surface area contributed by atoms with Gasteiger partial charge in [-0.15, -0.1) is 0 Å². The Balaban J connectivity index is 2.00. The fourth-order valence-corrected chi connectivity index (χ4v) is 2.52. The molecule has 1 atom stereocenters. The van der Waals surface area contributed by atoms with Gasteiger partial charge in [0.2, 0.25) is 0 Å². The van der Waals surface area contributed by atoms with Crippen LogP contribution in [0.15, 0.2) is 24.3 Å². The minimum absolute atomic E-state index is 0.0467. The van der Waals surface area contributed by atoms with Crippen LogP contribution in [0.2, 0.25) is 0 Å². The van der Waals surface area contributed by atoms with E-state index in [9.17, 15) is 4.79 Å². The van der Waals surface area contributed by atoms with Crippen molar-refractivity contribution in [2.45, 2.75) is 45.6 Å². The molecule has 2 rings (SSSR count). The lowest BCUT2D eigenvalue weighted by molar-refractivity contribution is 0.160. The summed E-state index contributed by atoms with van der Waals surface area (Å²) in [6, 6.07) is 8.40. The van der Waals surface area contributed by atoms with Crippen molar-refractivity contribution >= 4 is 11.7 Å². The van der Waals surface area contributed by atoms with E-state index in [4.69, 9.17) is 0 Å². The predicted molar refractivity (Wildman–Crippen MR) is 74.8 cm³/mol. The standard InChI is InChI=1S/C15H22N2O/c1-3-14-6-4-5-11-17(14)15(18)16-13-9-7-12(2)8-10-13/h7-10,14H,3-6,11H2,1-2H3,(H,16,18)/t14-/m1/s1. The van der Waals surface area contributed by atoms with Gasteiger partial charge in [-0.1, -0.05) is 24.6 Å². The molecule has 1 fully saturated rings. The smallest absolute Gasteiger partial charge is 0.322 e. The molecule has 18 heavy (non-hydrogen) atoms. The number of hydrogen-bond acceptors (Lipinski definition) is 1. The highest BCUT2D eigenvalue weighted by Crippen LogP contribution is 2.20. The third-order valence-electron chi connectivity index (χ3n) is 3.66. The number of piperidine rings is 1. The number of nitrogens with zero attached hydrogens (tertiary/aromatic N) is 1. The third kappa shape index (κ3) is 3.03. The quantitative estimate of drug-likeness (QED) is 0.846. The number of carbonyl (C=O) groups is 1. The lowest BCUT2D eigenvalue weighted by atomic mass is 10.0. The second kappa shape index (κ2) is 5.89. The maximum atomic E-state index is 12.2. The van der Waals surface area contributed by atoms with Crippen LogP contribution < -0.4 is 5.32 Å². The molecule has 3 nitrogen and oxygen atoms in total. The normalized spacial score (nSPS) is 19.7. The monoisotopic (exact) mass is 246 g/mol. The van der Waals surface area contributed by atoms with Gasteiger partial charge in [0.25, 0.3) is 0 Å². The summed E-state index contributed by atoms with van der Waals surface area (Å²) in [6.45, 7) is 5.09. The van der Waals surface area contributed by atoms with Crippen LogP contribution in [0, 0.1) is 6.92 Å². The molecule has 0 aliphatic carbocycles. The van der Waals surface area contributed by atoms with Gasteiger partial charge in [-0.25, -0.2) is 4.79 Å². The summed E-state index contributed by atoms with van der Waals surface area (Å²) >= 11 is 0. The van der Waals surface area contributed by atoms with E-state index in [1.54, 1.807) is 0 Å². The van der Waals surface area contributed by atoms with E-state index in [-0.39, 0.29) is 6.03 Å². The van der Waals surface area contributed by atoms with Crippen LogP contribution in [0.1, 0.15) is 38.2 Å². The van der Waals surface area contributed by atoms with Crippen LogP contribution in [0.4, 0.5) is 10.5 Å². The molecule has 1 aliphatic heterocycles. The topological polar surface area (TPSA) is 32.3 Å². The van der Waals surface area contributed by atoms with Crippen molar-refractivity contribution in [3.8, 4) is 0 Å². The summed E-state index contributed by atoms with van der Waals surface area (Å²) in [5.41, 5.74) is 2.09. The third-order valence-corrected chi connectivity index (χ3v) is 3.66. The lowest BCUT2D eigenvalue weighted by Gasteiger charge is -2.35. The molecule has 0 saturated carbocycles. The number of urea groups is 1. The predicted octanol–water partition coefficient (Wildman–Crippen LogP) is 3.79. The molecule has 0 unspecified atom stereocenters. The van der Waals surface area contributed by atoms with E-state index < -0.39 is 0 Å². The Morgan fingerprint density at radius 1 is 1.33 bits per heavy atom. The van der Waals surface area contributed by atoms with Gasteiger partial charge >= 0.3 is 6.03 Å². The maximum absolute atomic E-state index is 12.2. The van der Waals surface area contributed by atoms with Gasteiger partial charge in [0, 0.05) is 18.3 Å². The van der Waals surface area contributed by atoms with Gasteiger partial charge in [-0.3, -0.25) is 0 Å². The Bertz CT molecular complexity index is 399. The van der Waals surface area contributed by atoms with Gasteiger partial charge in [-0.2, -0.15) is 0 Å². The number of amides is 2. The molecular formula is C15H22N2O. The van der Waals surface area contributed by atoms with Crippen molar-refractivity contribution in [1.29, 1.82) is 0 Å². The highest BCUT2D eigenvalue weighted by molar-refractivity contribution is 5.89. The Kier molecular flexibility index (Phi) is 4.24. The molecule has 0 spiro atoms. The van der Waals surface area contributed by atoms with Crippen LogP contribution in [0.5, 0.6) is 0 Å². The second-order valence-electron chi connectivity index (χ2n) is 5.05. The second-order valence-corrected chi connectivity index (χ2v) is 5.05. The highest BCUT2D eigenvalue weighted by Gasteiger charge is 2.25. The first-order valence-electron chi connectivity index (χ1n) is 6.85. The molecule has 0 radical (unpaired) electrons. The van der Waals surface area contributed by atoms with Crippen LogP contribution in [-0.4, -0.2) is 23.5 Å². The van der Waals surface area contributed by atoms with Crippen molar-refractivity contribution in [3.05, 3.63) is 29.8 Å². The largest absolute Gasteiger partial charge is 0.322 e. The minimum atomic E-state index is 0.0467. The fourth-order valence-electron chi connectivity index (χ4n) is 2.52. The van der Waals surface area contributed by atoms with E-state index in [1.807, 2.05) is 36.1 Å². The lowest BCUT2D eigenvalue weighted by Crippen LogP contribution is -2.45. The minimum Gasteiger partial charge on any atom is -0.322 e. The Hall–Kier alpha value is -1.51. The number of rotatable bonds is 2. The van der Waals surface area contributed by atoms with Crippen LogP contribution in [-0.2, 0) is 0 Å². The zero-order valence-corrected chi connectivity index (χ0v) is 11.3. The molecule has 1 aliphatic rings. The van der Waals surface area contributed by atoms with Gasteiger partial charge in [0.1, 0.15) is 0 Å². The Morgan fingerprint density at radius 3 is 2.72 bits per heavy atom. The van der Waals surface area contributed by atoms with Crippen LogP contribution >= 0.6 is 0 Å². The number of nitrogens with one attached hydrogen (secondary N) is 1. The average Bonchev–Trinajstić information content (AvgIpc) is 2.41. The van der Waals surface area contributed by atoms with Crippen LogP contribution in [0.25, 0.3) is 0 Å². The first kappa shape index (κ1) is 12.9. The molecule has 1 aromatic rings. The maximum Gasteiger partial charge on any atom is 0.322 e. The summed E-state index contributed by atoms with van der Waals surface area (Å²) in [5, 5.41) is 2.99. The number of aryl methyl sites for hydroxylation is 1. The van der Waals surface area contributed by atoms with Crippen molar-refractivity contribution in [2.24, 2.45) is 0 Å². The van der Waals surface area contributed by atoms with Crippen molar-refractivity contribution in [2.75, 3.05) is 11.9 Å². The fraction of sp³-hybridized carbons (Fsp3) is 0.533. The molecular weight excluding hydrogens is 224 g/mol. The summed E-state index contributed by atoms with van der Waals surface area (Å²) in [6.07, 6.45) is 4.55. The summed E-state index contributed by atoms with van der Waals surface area (Å²) in [7, 11) is 0. The van der Waals surface area contributed by atoms with E-state index in [0.717, 1.165) is 31.5 Å².